The van der Waals surface area contributed by atoms with Crippen molar-refractivity contribution in [2.75, 3.05) is 7.11 Å². The zero-order valence-corrected chi connectivity index (χ0v) is 20.5. The number of nitrogens with two attached hydrogens (primary N) is 1. The summed E-state index contributed by atoms with van der Waals surface area (Å²) in [5.41, 5.74) is -0.247. The molecule has 3 N–H and O–H groups in total. The van der Waals surface area contributed by atoms with Gasteiger partial charge in [-0.2, -0.15) is 18.4 Å². The van der Waals surface area contributed by atoms with Crippen LogP contribution in [0.15, 0.2) is 41.6 Å². The number of carboxylic acid groups (broad SMARTS) is 1. The normalized spacial score (nSPS) is 29.0. The average molecular weight is 556 g/mol. The molecule has 0 saturated heterocycles. The number of carbonyl (C=O) groups excluding carboxylic acids is 1. The summed E-state index contributed by atoms with van der Waals surface area (Å²) >= 11 is 0. The fourth-order valence-electron chi connectivity index (χ4n) is 5.59. The standard InChI is InChI=1S/C24H21F4N3O6S/c1-37-19-6-15(7-23(19,21(33)34)18-8-22(18,11-29)20(30)32)38(35,36)17-3-2-12(5-16(17)24(26,27)28)13-4-14(25)10-31-9-13/h2-5,9-10,15,18-19H,6-8H2,1H3,(H2,30,32)(H,33,34)/t15-,18?,19+,22?,23+/m0/s1. The summed E-state index contributed by atoms with van der Waals surface area (Å²) in [6.07, 6.45) is -5.93. The minimum absolute atomic E-state index is 0.0160. The van der Waals surface area contributed by atoms with Crippen molar-refractivity contribution in [2.45, 2.75) is 41.7 Å². The zero-order valence-electron chi connectivity index (χ0n) is 19.7. The van der Waals surface area contributed by atoms with Gasteiger partial charge in [-0.1, -0.05) is 6.07 Å². The molecular weight excluding hydrogens is 534 g/mol. The third-order valence-corrected chi connectivity index (χ3v) is 9.80. The smallest absolute Gasteiger partial charge is 0.417 e. The highest BCUT2D eigenvalue weighted by Crippen LogP contribution is 2.66. The van der Waals surface area contributed by atoms with E-state index < -0.39 is 85.1 Å². The molecular formula is C24H21F4N3O6S. The maximum Gasteiger partial charge on any atom is 0.417 e. The topological polar surface area (TPSA) is 160 Å². The number of ether oxygens (including phenoxy) is 1. The van der Waals surface area contributed by atoms with Crippen LogP contribution in [0.3, 0.4) is 0 Å². The summed E-state index contributed by atoms with van der Waals surface area (Å²) in [5.74, 6) is -4.62. The van der Waals surface area contributed by atoms with Crippen LogP contribution in [0.5, 0.6) is 0 Å². The van der Waals surface area contributed by atoms with Crippen molar-refractivity contribution in [3.63, 3.8) is 0 Å². The van der Waals surface area contributed by atoms with Crippen molar-refractivity contribution in [2.24, 2.45) is 22.5 Å². The van der Waals surface area contributed by atoms with E-state index in [0.29, 0.717) is 6.07 Å². The SMILES string of the molecule is CO[C@@H]1C[C@H](S(=O)(=O)c2ccc(-c3cncc(F)c3)cc2C(F)(F)F)C[C@@]1(C(=O)O)C1CC1(C#N)C(N)=O. The molecule has 0 bridgehead atoms. The molecule has 2 aliphatic rings. The number of alkyl halides is 3. The zero-order chi connectivity index (χ0) is 28.3. The van der Waals surface area contributed by atoms with E-state index in [1.54, 1.807) is 6.07 Å². The van der Waals surface area contributed by atoms with E-state index in [-0.39, 0.29) is 17.5 Å². The number of carbonyl (C=O) groups is 2. The molecule has 2 fully saturated rings. The van der Waals surface area contributed by atoms with Crippen LogP contribution in [-0.2, 0) is 30.3 Å². The summed E-state index contributed by atoms with van der Waals surface area (Å²) in [5, 5.41) is 18.0. The summed E-state index contributed by atoms with van der Waals surface area (Å²) in [4.78, 5) is 27.0. The fourth-order valence-corrected chi connectivity index (χ4v) is 7.61. The van der Waals surface area contributed by atoms with Crippen LogP contribution in [0.1, 0.15) is 24.8 Å². The van der Waals surface area contributed by atoms with Gasteiger partial charge in [0.15, 0.2) is 9.84 Å². The first kappa shape index (κ1) is 27.5. The molecule has 1 aromatic heterocycles. The highest BCUT2D eigenvalue weighted by Gasteiger charge is 2.75. The summed E-state index contributed by atoms with van der Waals surface area (Å²) in [6, 6.07) is 5.03. The Morgan fingerprint density at radius 2 is 1.89 bits per heavy atom. The van der Waals surface area contributed by atoms with Gasteiger partial charge in [0.2, 0.25) is 5.91 Å². The molecule has 1 aromatic carbocycles. The number of hydrogen-bond donors (Lipinski definition) is 2. The second-order valence-electron chi connectivity index (χ2n) is 9.48. The summed E-state index contributed by atoms with van der Waals surface area (Å²) < 4.78 is 88.3. The second kappa shape index (κ2) is 9.02. The third-order valence-electron chi connectivity index (χ3n) is 7.59. The Morgan fingerprint density at radius 1 is 1.21 bits per heavy atom. The van der Waals surface area contributed by atoms with E-state index in [9.17, 15) is 45.9 Å². The first-order valence-corrected chi connectivity index (χ1v) is 12.7. The Labute approximate surface area is 214 Å². The lowest BCUT2D eigenvalue weighted by Crippen LogP contribution is -2.44. The number of hydrogen-bond acceptors (Lipinski definition) is 7. The lowest BCUT2D eigenvalue weighted by molar-refractivity contribution is -0.159. The number of amides is 1. The van der Waals surface area contributed by atoms with Crippen molar-refractivity contribution < 1.29 is 45.4 Å². The molecule has 2 unspecified atom stereocenters. The molecule has 2 aromatic rings. The summed E-state index contributed by atoms with van der Waals surface area (Å²) in [7, 11) is -3.72. The van der Waals surface area contributed by atoms with Crippen LogP contribution in [0.2, 0.25) is 0 Å². The maximum absolute atomic E-state index is 14.1. The van der Waals surface area contributed by atoms with Crippen LogP contribution >= 0.6 is 0 Å². The Bertz CT molecular complexity index is 1470. The highest BCUT2D eigenvalue weighted by atomic mass is 32.2. The average Bonchev–Trinajstić information content (AvgIpc) is 3.48. The van der Waals surface area contributed by atoms with Gasteiger partial charge >= 0.3 is 12.1 Å². The molecule has 4 rings (SSSR count). The van der Waals surface area contributed by atoms with E-state index in [4.69, 9.17) is 10.5 Å². The molecule has 38 heavy (non-hydrogen) atoms. The Morgan fingerprint density at radius 3 is 2.39 bits per heavy atom. The van der Waals surface area contributed by atoms with Gasteiger partial charge in [-0.15, -0.1) is 0 Å². The first-order chi connectivity index (χ1) is 17.6. The predicted octanol–water partition coefficient (Wildman–Crippen LogP) is 2.94. The van der Waals surface area contributed by atoms with Crippen molar-refractivity contribution in [1.29, 1.82) is 5.26 Å². The first-order valence-electron chi connectivity index (χ1n) is 11.2. The molecule has 0 aliphatic heterocycles. The van der Waals surface area contributed by atoms with E-state index in [2.05, 4.69) is 4.98 Å². The molecule has 2 aliphatic carbocycles. The molecule has 0 radical (unpaired) electrons. The summed E-state index contributed by atoms with van der Waals surface area (Å²) in [6.45, 7) is 0. The van der Waals surface area contributed by atoms with Crippen LogP contribution in [0, 0.1) is 33.9 Å². The van der Waals surface area contributed by atoms with E-state index in [0.717, 1.165) is 37.7 Å². The number of primary amides is 1. The second-order valence-corrected chi connectivity index (χ2v) is 11.7. The molecule has 1 heterocycles. The van der Waals surface area contributed by atoms with Crippen molar-refractivity contribution in [1.82, 2.24) is 4.98 Å². The molecule has 9 nitrogen and oxygen atoms in total. The van der Waals surface area contributed by atoms with Gasteiger partial charge in [-0.25, -0.2) is 12.8 Å². The van der Waals surface area contributed by atoms with Crippen molar-refractivity contribution >= 4 is 21.7 Å². The number of aromatic nitrogens is 1. The lowest BCUT2D eigenvalue weighted by atomic mass is 9.75. The number of aliphatic carboxylic acids is 1. The van der Waals surface area contributed by atoms with Crippen molar-refractivity contribution in [3.8, 4) is 17.2 Å². The minimum Gasteiger partial charge on any atom is -0.481 e. The quantitative estimate of drug-likeness (QED) is 0.493. The number of rotatable bonds is 7. The van der Waals surface area contributed by atoms with Crippen molar-refractivity contribution in [3.05, 3.63) is 48.0 Å². The maximum atomic E-state index is 14.1. The van der Waals surface area contributed by atoms with Gasteiger partial charge in [0.05, 0.1) is 34.1 Å². The number of benzene rings is 1. The Hall–Kier alpha value is -3.57. The van der Waals surface area contributed by atoms with Crippen LogP contribution in [-0.4, -0.2) is 48.8 Å². The molecule has 0 spiro atoms. The van der Waals surface area contributed by atoms with Gasteiger partial charge in [0.1, 0.15) is 16.6 Å². The number of carboxylic acids is 1. The van der Waals surface area contributed by atoms with Crippen LogP contribution in [0.4, 0.5) is 17.6 Å². The number of nitrogens with zero attached hydrogens (tertiary/aromatic N) is 2. The van der Waals surface area contributed by atoms with E-state index in [1.807, 2.05) is 0 Å². The number of nitriles is 1. The van der Waals surface area contributed by atoms with Crippen LogP contribution < -0.4 is 5.73 Å². The fraction of sp³-hybridized carbons (Fsp3) is 0.417. The van der Waals surface area contributed by atoms with E-state index in [1.165, 1.54) is 0 Å². The number of sulfone groups is 1. The minimum atomic E-state index is -5.14. The molecule has 202 valence electrons. The van der Waals surface area contributed by atoms with Gasteiger partial charge < -0.3 is 15.6 Å². The van der Waals surface area contributed by atoms with Gasteiger partial charge in [0, 0.05) is 24.8 Å². The Kier molecular flexibility index (Phi) is 6.52. The van der Waals surface area contributed by atoms with E-state index >= 15 is 0 Å². The van der Waals surface area contributed by atoms with Gasteiger partial charge in [-0.05, 0) is 43.0 Å². The molecule has 14 heteroatoms. The molecule has 2 saturated carbocycles. The molecule has 1 amide bonds. The lowest BCUT2D eigenvalue weighted by Gasteiger charge is -2.31. The van der Waals surface area contributed by atoms with Gasteiger partial charge in [-0.3, -0.25) is 14.6 Å². The highest BCUT2D eigenvalue weighted by molar-refractivity contribution is 7.92. The predicted molar refractivity (Wildman–Crippen MR) is 121 cm³/mol. The van der Waals surface area contributed by atoms with Crippen LogP contribution in [0.25, 0.3) is 11.1 Å². The largest absolute Gasteiger partial charge is 0.481 e. The third kappa shape index (κ3) is 4.10. The monoisotopic (exact) mass is 555 g/mol. The Balaban J connectivity index is 1.80. The van der Waals surface area contributed by atoms with Gasteiger partial charge in [0.25, 0.3) is 0 Å². The number of pyridine rings is 1. The number of methoxy groups -OCH3 is 1. The number of halogens is 4. The molecule has 5 atom stereocenters.